The fraction of sp³-hybridized carbons (Fsp3) is 0.0741. The number of carbonyl (C=O) groups is 1. The summed E-state index contributed by atoms with van der Waals surface area (Å²) in [7, 11) is 0. The van der Waals surface area contributed by atoms with Crippen molar-refractivity contribution in [3.05, 3.63) is 113 Å². The van der Waals surface area contributed by atoms with Crippen LogP contribution in [0.25, 0.3) is 21.5 Å². The Labute approximate surface area is 195 Å². The van der Waals surface area contributed by atoms with Crippen molar-refractivity contribution in [2.75, 3.05) is 5.32 Å². The van der Waals surface area contributed by atoms with Crippen molar-refractivity contribution in [1.82, 2.24) is 9.88 Å². The predicted octanol–water partition coefficient (Wildman–Crippen LogP) is 6.88. The summed E-state index contributed by atoms with van der Waals surface area (Å²) >= 11 is 1.68. The molecule has 0 saturated carbocycles. The Balaban J connectivity index is 1.50. The van der Waals surface area contributed by atoms with Gasteiger partial charge in [-0.1, -0.05) is 54.6 Å². The Morgan fingerprint density at radius 1 is 0.879 bits per heavy atom. The monoisotopic (exact) mass is 455 g/mol. The van der Waals surface area contributed by atoms with Crippen LogP contribution in [0.2, 0.25) is 0 Å². The number of para-hydroxylation sites is 1. The molecule has 0 unspecified atom stereocenters. The number of carbonyl (C=O) groups excluding carboxylic acids is 1. The maximum absolute atomic E-state index is 13.1. The zero-order valence-electron chi connectivity index (χ0n) is 17.8. The van der Waals surface area contributed by atoms with E-state index in [9.17, 15) is 9.18 Å². The highest BCUT2D eigenvalue weighted by molar-refractivity contribution is 7.13. The summed E-state index contributed by atoms with van der Waals surface area (Å²) in [4.78, 5) is 13.7. The molecule has 2 N–H and O–H groups in total. The SMILES string of the molecule is O=C(NCc1c(-c2cccs2)n(Cc2ccccc2)c2ccccc12)Nc1ccc(F)cc1. The quantitative estimate of drug-likeness (QED) is 0.288. The maximum Gasteiger partial charge on any atom is 0.319 e. The summed E-state index contributed by atoms with van der Waals surface area (Å²) < 4.78 is 15.5. The van der Waals surface area contributed by atoms with Crippen LogP contribution in [0, 0.1) is 5.82 Å². The molecule has 164 valence electrons. The Bertz CT molecular complexity index is 1380. The lowest BCUT2D eigenvalue weighted by atomic mass is 10.1. The number of thiophene rings is 1. The van der Waals surface area contributed by atoms with Gasteiger partial charge in [-0.25, -0.2) is 9.18 Å². The van der Waals surface area contributed by atoms with E-state index in [1.165, 1.54) is 29.8 Å². The van der Waals surface area contributed by atoms with Gasteiger partial charge in [-0.2, -0.15) is 0 Å². The van der Waals surface area contributed by atoms with E-state index >= 15 is 0 Å². The van der Waals surface area contributed by atoms with Crippen LogP contribution in [-0.4, -0.2) is 10.6 Å². The lowest BCUT2D eigenvalue weighted by molar-refractivity contribution is 0.252. The molecule has 5 rings (SSSR count). The fourth-order valence-corrected chi connectivity index (χ4v) is 4.86. The van der Waals surface area contributed by atoms with E-state index in [0.29, 0.717) is 12.2 Å². The molecule has 2 amide bonds. The number of aromatic nitrogens is 1. The zero-order valence-corrected chi connectivity index (χ0v) is 18.6. The number of anilines is 1. The molecule has 33 heavy (non-hydrogen) atoms. The normalized spacial score (nSPS) is 10.9. The molecule has 0 saturated heterocycles. The van der Waals surface area contributed by atoms with Gasteiger partial charge in [0.25, 0.3) is 0 Å². The first-order valence-electron chi connectivity index (χ1n) is 10.7. The van der Waals surface area contributed by atoms with Gasteiger partial charge >= 0.3 is 6.03 Å². The first kappa shape index (κ1) is 21.0. The highest BCUT2D eigenvalue weighted by Gasteiger charge is 2.20. The summed E-state index contributed by atoms with van der Waals surface area (Å²) in [6.45, 7) is 1.10. The molecule has 0 spiro atoms. The molecule has 0 aliphatic heterocycles. The fourth-order valence-electron chi connectivity index (χ4n) is 4.06. The molecule has 3 aromatic carbocycles. The van der Waals surface area contributed by atoms with Crippen LogP contribution in [0.4, 0.5) is 14.9 Å². The smallest absolute Gasteiger partial charge is 0.319 e. The van der Waals surface area contributed by atoms with Gasteiger partial charge < -0.3 is 15.2 Å². The molecule has 4 nitrogen and oxygen atoms in total. The standard InChI is InChI=1S/C27H22FN3OS/c28-20-12-14-21(15-13-20)30-27(32)29-17-23-22-9-4-5-10-24(22)31(18-19-7-2-1-3-8-19)26(23)25-11-6-16-33-25/h1-16H,17-18H2,(H2,29,30,32). The number of benzene rings is 3. The Hall–Kier alpha value is -3.90. The first-order chi connectivity index (χ1) is 16.2. The van der Waals surface area contributed by atoms with E-state index in [2.05, 4.69) is 50.9 Å². The Morgan fingerprint density at radius 3 is 2.39 bits per heavy atom. The first-order valence-corrected chi connectivity index (χ1v) is 11.6. The number of hydrogen-bond donors (Lipinski definition) is 2. The molecular formula is C27H22FN3OS. The topological polar surface area (TPSA) is 46.1 Å². The van der Waals surface area contributed by atoms with Crippen molar-refractivity contribution < 1.29 is 9.18 Å². The van der Waals surface area contributed by atoms with Crippen LogP contribution in [0.5, 0.6) is 0 Å². The third kappa shape index (κ3) is 4.52. The largest absolute Gasteiger partial charge is 0.335 e. The molecule has 2 heterocycles. The summed E-state index contributed by atoms with van der Waals surface area (Å²) in [6.07, 6.45) is 0. The molecular weight excluding hydrogens is 433 g/mol. The van der Waals surface area contributed by atoms with Gasteiger partial charge in [0.2, 0.25) is 0 Å². The van der Waals surface area contributed by atoms with E-state index in [1.54, 1.807) is 11.3 Å². The van der Waals surface area contributed by atoms with E-state index < -0.39 is 0 Å². The lowest BCUT2D eigenvalue weighted by Gasteiger charge is -2.12. The van der Waals surface area contributed by atoms with Crippen molar-refractivity contribution in [3.8, 4) is 10.6 Å². The van der Waals surface area contributed by atoms with Gasteiger partial charge in [-0.15, -0.1) is 11.3 Å². The van der Waals surface area contributed by atoms with Gasteiger partial charge in [-0.05, 0) is 47.3 Å². The van der Waals surface area contributed by atoms with Crippen molar-refractivity contribution in [2.24, 2.45) is 0 Å². The number of nitrogens with zero attached hydrogens (tertiary/aromatic N) is 1. The number of urea groups is 1. The van der Waals surface area contributed by atoms with Crippen molar-refractivity contribution in [2.45, 2.75) is 13.1 Å². The van der Waals surface area contributed by atoms with Gasteiger partial charge in [0.15, 0.2) is 0 Å². The Morgan fingerprint density at radius 2 is 1.64 bits per heavy atom. The highest BCUT2D eigenvalue weighted by Crippen LogP contribution is 2.36. The summed E-state index contributed by atoms with van der Waals surface area (Å²) in [5.41, 5.74) is 5.05. The predicted molar refractivity (Wildman–Crippen MR) is 133 cm³/mol. The average molecular weight is 456 g/mol. The van der Waals surface area contributed by atoms with E-state index in [0.717, 1.165) is 33.6 Å². The molecule has 0 radical (unpaired) electrons. The van der Waals surface area contributed by atoms with Crippen LogP contribution in [-0.2, 0) is 13.1 Å². The Kier molecular flexibility index (Phi) is 5.91. The lowest BCUT2D eigenvalue weighted by Crippen LogP contribution is -2.28. The maximum atomic E-state index is 13.1. The molecule has 0 fully saturated rings. The molecule has 0 atom stereocenters. The van der Waals surface area contributed by atoms with E-state index in [-0.39, 0.29) is 11.8 Å². The van der Waals surface area contributed by atoms with Crippen LogP contribution < -0.4 is 10.6 Å². The van der Waals surface area contributed by atoms with E-state index in [1.807, 2.05) is 36.4 Å². The second-order valence-electron chi connectivity index (χ2n) is 7.71. The van der Waals surface area contributed by atoms with Crippen LogP contribution in [0.1, 0.15) is 11.1 Å². The average Bonchev–Trinajstić information content (AvgIpc) is 3.47. The van der Waals surface area contributed by atoms with Gasteiger partial charge in [0.05, 0.1) is 10.6 Å². The van der Waals surface area contributed by atoms with Gasteiger partial charge in [0.1, 0.15) is 5.82 Å². The summed E-state index contributed by atoms with van der Waals surface area (Å²) in [5.74, 6) is -0.340. The second kappa shape index (κ2) is 9.30. The van der Waals surface area contributed by atoms with Crippen molar-refractivity contribution >= 4 is 34.0 Å². The minimum Gasteiger partial charge on any atom is -0.335 e. The highest BCUT2D eigenvalue weighted by atomic mass is 32.1. The third-order valence-electron chi connectivity index (χ3n) is 5.54. The molecule has 6 heteroatoms. The summed E-state index contributed by atoms with van der Waals surface area (Å²) in [5, 5.41) is 8.93. The van der Waals surface area contributed by atoms with Gasteiger partial charge in [0, 0.05) is 35.2 Å². The van der Waals surface area contributed by atoms with Crippen molar-refractivity contribution in [3.63, 3.8) is 0 Å². The van der Waals surface area contributed by atoms with Gasteiger partial charge in [-0.3, -0.25) is 0 Å². The number of nitrogens with one attached hydrogen (secondary N) is 2. The van der Waals surface area contributed by atoms with Crippen LogP contribution in [0.3, 0.4) is 0 Å². The van der Waals surface area contributed by atoms with Crippen molar-refractivity contribution in [1.29, 1.82) is 0 Å². The molecule has 0 aliphatic rings. The van der Waals surface area contributed by atoms with Crippen LogP contribution >= 0.6 is 11.3 Å². The summed E-state index contributed by atoms with van der Waals surface area (Å²) in [6, 6.07) is 28.2. The van der Waals surface area contributed by atoms with Crippen LogP contribution in [0.15, 0.2) is 96.4 Å². The molecule has 2 aromatic heterocycles. The second-order valence-corrected chi connectivity index (χ2v) is 8.66. The number of hydrogen-bond acceptors (Lipinski definition) is 2. The number of halogens is 1. The zero-order chi connectivity index (χ0) is 22.6. The molecule has 5 aromatic rings. The minimum atomic E-state index is -0.340. The van der Waals surface area contributed by atoms with E-state index in [4.69, 9.17) is 0 Å². The number of amides is 2. The third-order valence-corrected chi connectivity index (χ3v) is 6.42. The number of fused-ring (bicyclic) bond motifs is 1. The molecule has 0 bridgehead atoms. The number of rotatable bonds is 6. The minimum absolute atomic E-state index is 0.335. The molecule has 0 aliphatic carbocycles.